The molecular weight excluding hydrogens is 350 g/mol. The van der Waals surface area contributed by atoms with E-state index in [1.54, 1.807) is 44.4 Å². The number of benzene rings is 3. The van der Waals surface area contributed by atoms with Crippen LogP contribution in [-0.4, -0.2) is 30.8 Å². The highest BCUT2D eigenvalue weighted by atomic mass is 16.2. The van der Waals surface area contributed by atoms with Crippen LogP contribution in [0.3, 0.4) is 0 Å². The van der Waals surface area contributed by atoms with Crippen molar-refractivity contribution >= 4 is 34.4 Å². The van der Waals surface area contributed by atoms with Gasteiger partial charge in [-0.1, -0.05) is 36.4 Å². The van der Waals surface area contributed by atoms with Crippen LogP contribution in [0.25, 0.3) is 16.8 Å². The third-order valence-corrected chi connectivity index (χ3v) is 4.25. The molecule has 0 bridgehead atoms. The first-order valence-electron chi connectivity index (χ1n) is 8.71. The third kappa shape index (κ3) is 4.25. The van der Waals surface area contributed by atoms with E-state index >= 15 is 0 Å². The van der Waals surface area contributed by atoms with Crippen LogP contribution in [0, 0.1) is 11.3 Å². The van der Waals surface area contributed by atoms with Crippen molar-refractivity contribution in [1.82, 2.24) is 4.90 Å². The fourth-order valence-corrected chi connectivity index (χ4v) is 2.77. The summed E-state index contributed by atoms with van der Waals surface area (Å²) in [6, 6.07) is 22.1. The predicted octanol–water partition coefficient (Wildman–Crippen LogP) is 4.09. The Morgan fingerprint density at radius 2 is 1.64 bits per heavy atom. The van der Waals surface area contributed by atoms with Gasteiger partial charge >= 0.3 is 0 Å². The van der Waals surface area contributed by atoms with Crippen LogP contribution in [0.1, 0.15) is 15.9 Å². The van der Waals surface area contributed by atoms with Gasteiger partial charge in [-0.3, -0.25) is 9.59 Å². The van der Waals surface area contributed by atoms with Gasteiger partial charge in [0, 0.05) is 25.3 Å². The monoisotopic (exact) mass is 369 g/mol. The van der Waals surface area contributed by atoms with Crippen LogP contribution < -0.4 is 5.32 Å². The molecule has 3 aromatic rings. The minimum Gasteiger partial charge on any atom is -0.345 e. The molecule has 28 heavy (non-hydrogen) atoms. The quantitative estimate of drug-likeness (QED) is 0.556. The Bertz CT molecular complexity index is 1110. The lowest BCUT2D eigenvalue weighted by molar-refractivity contribution is -0.112. The van der Waals surface area contributed by atoms with Gasteiger partial charge in [0.1, 0.15) is 11.6 Å². The molecule has 0 atom stereocenters. The SMILES string of the molecule is CN(C)C(=O)c1ccc(NC(=O)/C(C#N)=C/c2ccc3ccccc3c2)cc1. The first-order valence-corrected chi connectivity index (χ1v) is 8.71. The number of anilines is 1. The van der Waals surface area contributed by atoms with Gasteiger partial charge in [-0.15, -0.1) is 0 Å². The number of amides is 2. The highest BCUT2D eigenvalue weighted by molar-refractivity contribution is 6.10. The van der Waals surface area contributed by atoms with Gasteiger partial charge in [0.05, 0.1) is 0 Å². The normalized spacial score (nSPS) is 11.0. The molecule has 0 aliphatic carbocycles. The second kappa shape index (κ2) is 8.19. The van der Waals surface area contributed by atoms with Crippen molar-refractivity contribution in [3.05, 3.63) is 83.4 Å². The number of hydrogen-bond donors (Lipinski definition) is 1. The lowest BCUT2D eigenvalue weighted by atomic mass is 10.0. The molecule has 5 nitrogen and oxygen atoms in total. The molecule has 3 rings (SSSR count). The fraction of sp³-hybridized carbons (Fsp3) is 0.0870. The maximum Gasteiger partial charge on any atom is 0.266 e. The molecule has 1 N–H and O–H groups in total. The minimum absolute atomic E-state index is 0.00345. The zero-order valence-electron chi connectivity index (χ0n) is 15.6. The largest absolute Gasteiger partial charge is 0.345 e. The standard InChI is InChI=1S/C23H19N3O2/c1-26(2)23(28)18-9-11-21(12-10-18)25-22(27)20(15-24)14-16-7-8-17-5-3-4-6-19(17)13-16/h3-14H,1-2H3,(H,25,27)/b20-14+. The summed E-state index contributed by atoms with van der Waals surface area (Å²) in [5, 5.41) is 14.2. The first kappa shape index (κ1) is 18.9. The van der Waals surface area contributed by atoms with Crippen molar-refractivity contribution in [2.75, 3.05) is 19.4 Å². The van der Waals surface area contributed by atoms with Gasteiger partial charge < -0.3 is 10.2 Å². The number of nitrogens with zero attached hydrogens (tertiary/aromatic N) is 2. The summed E-state index contributed by atoms with van der Waals surface area (Å²) in [7, 11) is 3.35. The Kier molecular flexibility index (Phi) is 5.52. The summed E-state index contributed by atoms with van der Waals surface area (Å²) < 4.78 is 0. The molecule has 3 aromatic carbocycles. The van der Waals surface area contributed by atoms with Gasteiger partial charge in [-0.2, -0.15) is 5.26 Å². The van der Waals surface area contributed by atoms with Gasteiger partial charge in [-0.05, 0) is 52.7 Å². The summed E-state index contributed by atoms with van der Waals surface area (Å²) in [4.78, 5) is 25.9. The maximum absolute atomic E-state index is 12.5. The molecule has 0 aromatic heterocycles. The van der Waals surface area contributed by atoms with E-state index in [2.05, 4.69) is 5.32 Å². The fourth-order valence-electron chi connectivity index (χ4n) is 2.77. The second-order valence-corrected chi connectivity index (χ2v) is 6.51. The molecule has 138 valence electrons. The average Bonchev–Trinajstić information content (AvgIpc) is 2.71. The molecule has 0 saturated carbocycles. The molecule has 0 fully saturated rings. The highest BCUT2D eigenvalue weighted by Gasteiger charge is 2.11. The van der Waals surface area contributed by atoms with E-state index in [0.29, 0.717) is 11.3 Å². The highest BCUT2D eigenvalue weighted by Crippen LogP contribution is 2.18. The number of nitriles is 1. The topological polar surface area (TPSA) is 73.2 Å². The summed E-state index contributed by atoms with van der Waals surface area (Å²) in [5.41, 5.74) is 1.82. The van der Waals surface area contributed by atoms with Crippen LogP contribution in [0.15, 0.2) is 72.3 Å². The van der Waals surface area contributed by atoms with E-state index in [9.17, 15) is 14.9 Å². The van der Waals surface area contributed by atoms with Gasteiger partial charge in [0.2, 0.25) is 0 Å². The van der Waals surface area contributed by atoms with Crippen LogP contribution in [0.4, 0.5) is 5.69 Å². The first-order chi connectivity index (χ1) is 13.5. The predicted molar refractivity (Wildman–Crippen MR) is 111 cm³/mol. The van der Waals surface area contributed by atoms with Gasteiger partial charge in [-0.25, -0.2) is 0 Å². The zero-order valence-corrected chi connectivity index (χ0v) is 15.6. The van der Waals surface area contributed by atoms with E-state index in [1.807, 2.05) is 48.5 Å². The molecule has 5 heteroatoms. The van der Waals surface area contributed by atoms with Crippen LogP contribution in [-0.2, 0) is 4.79 Å². The molecule has 0 aliphatic rings. The molecular formula is C23H19N3O2. The average molecular weight is 369 g/mol. The Hall–Kier alpha value is -3.91. The number of rotatable bonds is 4. The summed E-state index contributed by atoms with van der Waals surface area (Å²) >= 11 is 0. The molecule has 0 saturated heterocycles. The summed E-state index contributed by atoms with van der Waals surface area (Å²) in [6.07, 6.45) is 1.56. The van der Waals surface area contributed by atoms with Crippen molar-refractivity contribution < 1.29 is 9.59 Å². The second-order valence-electron chi connectivity index (χ2n) is 6.51. The van der Waals surface area contributed by atoms with Crippen LogP contribution >= 0.6 is 0 Å². The van der Waals surface area contributed by atoms with Gasteiger partial charge in [0.25, 0.3) is 11.8 Å². The van der Waals surface area contributed by atoms with E-state index < -0.39 is 5.91 Å². The molecule has 0 spiro atoms. The number of nitrogens with one attached hydrogen (secondary N) is 1. The van der Waals surface area contributed by atoms with E-state index in [0.717, 1.165) is 16.3 Å². The van der Waals surface area contributed by atoms with Gasteiger partial charge in [0.15, 0.2) is 0 Å². The Morgan fingerprint density at radius 1 is 0.964 bits per heavy atom. The number of fused-ring (bicyclic) bond motifs is 1. The molecule has 2 amide bonds. The van der Waals surface area contributed by atoms with Crippen molar-refractivity contribution in [2.45, 2.75) is 0 Å². The lowest BCUT2D eigenvalue weighted by Gasteiger charge is -2.11. The Labute approximate surface area is 163 Å². The number of carbonyl (C=O) groups is 2. The van der Waals surface area contributed by atoms with E-state index in [-0.39, 0.29) is 11.5 Å². The molecule has 0 unspecified atom stereocenters. The maximum atomic E-state index is 12.5. The zero-order chi connectivity index (χ0) is 20.1. The third-order valence-electron chi connectivity index (χ3n) is 4.25. The molecule has 0 heterocycles. The summed E-state index contributed by atoms with van der Waals surface area (Å²) in [6.45, 7) is 0. The van der Waals surface area contributed by atoms with Crippen molar-refractivity contribution in [3.8, 4) is 6.07 Å². The molecule has 0 radical (unpaired) electrons. The van der Waals surface area contributed by atoms with E-state index in [1.165, 1.54) is 4.90 Å². The summed E-state index contributed by atoms with van der Waals surface area (Å²) in [5.74, 6) is -0.617. The van der Waals surface area contributed by atoms with Crippen LogP contribution in [0.2, 0.25) is 0 Å². The van der Waals surface area contributed by atoms with Crippen molar-refractivity contribution in [3.63, 3.8) is 0 Å². The van der Waals surface area contributed by atoms with Crippen molar-refractivity contribution in [2.24, 2.45) is 0 Å². The smallest absolute Gasteiger partial charge is 0.266 e. The van der Waals surface area contributed by atoms with Crippen LogP contribution in [0.5, 0.6) is 0 Å². The molecule has 0 aliphatic heterocycles. The lowest BCUT2D eigenvalue weighted by Crippen LogP contribution is -2.21. The Morgan fingerprint density at radius 3 is 2.29 bits per heavy atom. The minimum atomic E-state index is -0.498. The Balaban J connectivity index is 1.78. The van der Waals surface area contributed by atoms with Crippen molar-refractivity contribution in [1.29, 1.82) is 5.26 Å². The number of carbonyl (C=O) groups excluding carboxylic acids is 2. The number of hydrogen-bond acceptors (Lipinski definition) is 3. The van der Waals surface area contributed by atoms with E-state index in [4.69, 9.17) is 0 Å².